The molecule has 0 spiro atoms. The highest BCUT2D eigenvalue weighted by Gasteiger charge is 2.08. The summed E-state index contributed by atoms with van der Waals surface area (Å²) in [5, 5.41) is 4.56. The molecule has 0 fully saturated rings. The summed E-state index contributed by atoms with van der Waals surface area (Å²) in [5.74, 6) is -0.316. The number of aromatic nitrogens is 1. The Kier molecular flexibility index (Phi) is 3.99. The number of carbonyl (C=O) groups is 1. The predicted octanol–water partition coefficient (Wildman–Crippen LogP) is 1.63. The van der Waals surface area contributed by atoms with Gasteiger partial charge in [0.1, 0.15) is 6.54 Å². The lowest BCUT2D eigenvalue weighted by molar-refractivity contribution is -0.118. The van der Waals surface area contributed by atoms with Crippen molar-refractivity contribution in [3.63, 3.8) is 0 Å². The Bertz CT molecular complexity index is 545. The van der Waals surface area contributed by atoms with Crippen LogP contribution in [0.15, 0.2) is 30.5 Å². The quantitative estimate of drug-likeness (QED) is 0.760. The third-order valence-electron chi connectivity index (χ3n) is 2.94. The minimum Gasteiger partial charge on any atom is -0.368 e. The number of primary amides is 1. The molecule has 2 aromatic rings. The Morgan fingerprint density at radius 2 is 2.17 bits per heavy atom. The van der Waals surface area contributed by atoms with Gasteiger partial charge >= 0.3 is 0 Å². The second-order valence-electron chi connectivity index (χ2n) is 4.44. The first-order valence-electron chi connectivity index (χ1n) is 6.28. The van der Waals surface area contributed by atoms with Gasteiger partial charge in [0, 0.05) is 23.6 Å². The molecule has 0 saturated carbocycles. The predicted molar refractivity (Wildman–Crippen MR) is 73.1 cm³/mol. The van der Waals surface area contributed by atoms with Crippen LogP contribution in [0.1, 0.15) is 18.9 Å². The van der Waals surface area contributed by atoms with E-state index in [4.69, 9.17) is 5.73 Å². The van der Waals surface area contributed by atoms with Crippen molar-refractivity contribution in [3.05, 3.63) is 36.0 Å². The third kappa shape index (κ3) is 2.71. The molecule has 1 aromatic carbocycles. The molecule has 18 heavy (non-hydrogen) atoms. The maximum Gasteiger partial charge on any atom is 0.237 e. The van der Waals surface area contributed by atoms with Crippen LogP contribution in [0.5, 0.6) is 0 Å². The van der Waals surface area contributed by atoms with Gasteiger partial charge in [-0.1, -0.05) is 25.1 Å². The smallest absolute Gasteiger partial charge is 0.237 e. The van der Waals surface area contributed by atoms with E-state index in [0.717, 1.165) is 25.0 Å². The molecule has 0 aliphatic heterocycles. The van der Waals surface area contributed by atoms with Gasteiger partial charge in [0.05, 0.1) is 0 Å². The molecule has 4 nitrogen and oxygen atoms in total. The van der Waals surface area contributed by atoms with Crippen LogP contribution in [0.3, 0.4) is 0 Å². The van der Waals surface area contributed by atoms with E-state index in [2.05, 4.69) is 18.3 Å². The number of nitrogens with one attached hydrogen (secondary N) is 1. The lowest BCUT2D eigenvalue weighted by atomic mass is 10.2. The number of para-hydroxylation sites is 1. The largest absolute Gasteiger partial charge is 0.368 e. The monoisotopic (exact) mass is 245 g/mol. The van der Waals surface area contributed by atoms with E-state index in [-0.39, 0.29) is 12.5 Å². The Morgan fingerprint density at radius 3 is 2.89 bits per heavy atom. The number of carbonyl (C=O) groups excluding carboxylic acids is 1. The number of benzene rings is 1. The molecule has 96 valence electrons. The van der Waals surface area contributed by atoms with Crippen LogP contribution in [-0.2, 0) is 17.9 Å². The number of rotatable bonds is 6. The Labute approximate surface area is 107 Å². The average Bonchev–Trinajstić information content (AvgIpc) is 2.68. The maximum absolute atomic E-state index is 11.1. The summed E-state index contributed by atoms with van der Waals surface area (Å²) in [7, 11) is 0. The van der Waals surface area contributed by atoms with Crippen molar-refractivity contribution in [1.82, 2.24) is 9.88 Å². The molecule has 3 N–H and O–H groups in total. The summed E-state index contributed by atoms with van der Waals surface area (Å²) in [5.41, 5.74) is 7.54. The fourth-order valence-electron chi connectivity index (χ4n) is 2.16. The number of hydrogen-bond acceptors (Lipinski definition) is 2. The Balaban J connectivity index is 2.31. The maximum atomic E-state index is 11.1. The Morgan fingerprint density at radius 1 is 1.39 bits per heavy atom. The van der Waals surface area contributed by atoms with E-state index >= 15 is 0 Å². The normalized spacial score (nSPS) is 10.9. The number of amides is 1. The zero-order valence-corrected chi connectivity index (χ0v) is 10.6. The first-order chi connectivity index (χ1) is 8.72. The van der Waals surface area contributed by atoms with E-state index in [1.54, 1.807) is 0 Å². The molecule has 1 aromatic heterocycles. The third-order valence-corrected chi connectivity index (χ3v) is 2.94. The zero-order chi connectivity index (χ0) is 13.0. The van der Waals surface area contributed by atoms with Crippen molar-refractivity contribution >= 4 is 16.8 Å². The number of nitrogens with zero attached hydrogens (tertiary/aromatic N) is 1. The lowest BCUT2D eigenvalue weighted by Gasteiger charge is -2.00. The van der Waals surface area contributed by atoms with Gasteiger partial charge in [-0.2, -0.15) is 0 Å². The van der Waals surface area contributed by atoms with Crippen molar-refractivity contribution in [2.24, 2.45) is 5.73 Å². The fourth-order valence-corrected chi connectivity index (χ4v) is 2.16. The highest BCUT2D eigenvalue weighted by molar-refractivity contribution is 5.85. The lowest BCUT2D eigenvalue weighted by Crippen LogP contribution is -2.18. The molecule has 0 bridgehead atoms. The highest BCUT2D eigenvalue weighted by atomic mass is 16.1. The number of fused-ring (bicyclic) bond motifs is 1. The van der Waals surface area contributed by atoms with Crippen LogP contribution < -0.4 is 11.1 Å². The minimum atomic E-state index is -0.316. The molecule has 0 saturated heterocycles. The summed E-state index contributed by atoms with van der Waals surface area (Å²) in [6.07, 6.45) is 3.12. The number of hydrogen-bond donors (Lipinski definition) is 2. The SMILES string of the molecule is CCCNCc1cn(CC(N)=O)c2ccccc12. The molecule has 0 aliphatic rings. The van der Waals surface area contributed by atoms with Crippen LogP contribution in [-0.4, -0.2) is 17.0 Å². The molecule has 2 rings (SSSR count). The number of nitrogens with two attached hydrogens (primary N) is 1. The molecular formula is C14H19N3O. The van der Waals surface area contributed by atoms with Crippen molar-refractivity contribution in [2.75, 3.05) is 6.54 Å². The van der Waals surface area contributed by atoms with Crippen LogP contribution in [0.25, 0.3) is 10.9 Å². The first kappa shape index (κ1) is 12.6. The molecule has 0 radical (unpaired) electrons. The van der Waals surface area contributed by atoms with Crippen molar-refractivity contribution < 1.29 is 4.79 Å². The second kappa shape index (κ2) is 5.69. The van der Waals surface area contributed by atoms with Crippen LogP contribution in [0, 0.1) is 0 Å². The van der Waals surface area contributed by atoms with E-state index in [1.807, 2.05) is 29.0 Å². The minimum absolute atomic E-state index is 0.230. The summed E-state index contributed by atoms with van der Waals surface area (Å²) < 4.78 is 1.92. The van der Waals surface area contributed by atoms with Gasteiger partial charge in [0.25, 0.3) is 0 Å². The van der Waals surface area contributed by atoms with Gasteiger partial charge in [-0.15, -0.1) is 0 Å². The summed E-state index contributed by atoms with van der Waals surface area (Å²) in [6.45, 7) is 4.19. The van der Waals surface area contributed by atoms with Gasteiger partial charge in [0.15, 0.2) is 0 Å². The fraction of sp³-hybridized carbons (Fsp3) is 0.357. The van der Waals surface area contributed by atoms with Crippen LogP contribution >= 0.6 is 0 Å². The van der Waals surface area contributed by atoms with Crippen LogP contribution in [0.4, 0.5) is 0 Å². The molecule has 0 unspecified atom stereocenters. The molecule has 0 atom stereocenters. The molecule has 1 heterocycles. The van der Waals surface area contributed by atoms with Crippen LogP contribution in [0.2, 0.25) is 0 Å². The topological polar surface area (TPSA) is 60.1 Å². The van der Waals surface area contributed by atoms with E-state index < -0.39 is 0 Å². The van der Waals surface area contributed by atoms with Gasteiger partial charge < -0.3 is 15.6 Å². The molecular weight excluding hydrogens is 226 g/mol. The van der Waals surface area contributed by atoms with Gasteiger partial charge in [-0.3, -0.25) is 4.79 Å². The van der Waals surface area contributed by atoms with E-state index in [9.17, 15) is 4.79 Å². The highest BCUT2D eigenvalue weighted by Crippen LogP contribution is 2.21. The van der Waals surface area contributed by atoms with Crippen molar-refractivity contribution in [1.29, 1.82) is 0 Å². The molecule has 1 amide bonds. The summed E-state index contributed by atoms with van der Waals surface area (Å²) in [6, 6.07) is 8.08. The van der Waals surface area contributed by atoms with E-state index in [1.165, 1.54) is 10.9 Å². The van der Waals surface area contributed by atoms with Crippen molar-refractivity contribution in [2.45, 2.75) is 26.4 Å². The summed E-state index contributed by atoms with van der Waals surface area (Å²) in [4.78, 5) is 11.1. The zero-order valence-electron chi connectivity index (χ0n) is 10.6. The van der Waals surface area contributed by atoms with Gasteiger partial charge in [0.2, 0.25) is 5.91 Å². The second-order valence-corrected chi connectivity index (χ2v) is 4.44. The average molecular weight is 245 g/mol. The van der Waals surface area contributed by atoms with Gasteiger partial charge in [-0.25, -0.2) is 0 Å². The molecule has 0 aliphatic carbocycles. The standard InChI is InChI=1S/C14H19N3O/c1-2-7-16-8-11-9-17(10-14(15)18)13-6-4-3-5-12(11)13/h3-6,9,16H,2,7-8,10H2,1H3,(H2,15,18). The van der Waals surface area contributed by atoms with Gasteiger partial charge in [-0.05, 0) is 24.6 Å². The first-order valence-corrected chi connectivity index (χ1v) is 6.28. The Hall–Kier alpha value is -1.81. The van der Waals surface area contributed by atoms with Crippen molar-refractivity contribution in [3.8, 4) is 0 Å². The van der Waals surface area contributed by atoms with E-state index in [0.29, 0.717) is 0 Å². The summed E-state index contributed by atoms with van der Waals surface area (Å²) >= 11 is 0. The molecule has 4 heteroatoms.